The van der Waals surface area contributed by atoms with Gasteiger partial charge in [0.15, 0.2) is 4.77 Å². The van der Waals surface area contributed by atoms with Gasteiger partial charge in [0, 0.05) is 17.5 Å². The summed E-state index contributed by atoms with van der Waals surface area (Å²) in [7, 11) is 0. The van der Waals surface area contributed by atoms with Crippen LogP contribution in [0.1, 0.15) is 4.88 Å². The summed E-state index contributed by atoms with van der Waals surface area (Å²) in [6.07, 6.45) is 0.925. The van der Waals surface area contributed by atoms with Gasteiger partial charge in [-0.25, -0.2) is 4.39 Å². The van der Waals surface area contributed by atoms with Crippen molar-refractivity contribution in [3.63, 3.8) is 0 Å². The normalized spacial score (nSPS) is 11.3. The van der Waals surface area contributed by atoms with E-state index >= 15 is 0 Å². The fraction of sp³-hybridized carbons (Fsp3) is 0.154. The van der Waals surface area contributed by atoms with Crippen molar-refractivity contribution in [2.45, 2.75) is 13.0 Å². The molecule has 0 radical (unpaired) electrons. The maximum atomic E-state index is 13.5. The van der Waals surface area contributed by atoms with Crippen LogP contribution in [-0.2, 0) is 13.0 Å². The van der Waals surface area contributed by atoms with E-state index in [-0.39, 0.29) is 5.82 Å². The molecular formula is C13H10BrFN2S2. The molecule has 2 nitrogen and oxygen atoms in total. The lowest BCUT2D eigenvalue weighted by Crippen LogP contribution is -2.00. The molecule has 0 atom stereocenters. The number of hydrogen-bond acceptors (Lipinski definition) is 2. The summed E-state index contributed by atoms with van der Waals surface area (Å²) in [4.78, 5) is 4.36. The largest absolute Gasteiger partial charge is 0.330 e. The maximum Gasteiger partial charge on any atom is 0.178 e. The van der Waals surface area contributed by atoms with E-state index in [0.717, 1.165) is 24.0 Å². The summed E-state index contributed by atoms with van der Waals surface area (Å²) in [5.41, 5.74) is 1.66. The quantitative estimate of drug-likeness (QED) is 0.661. The Bertz CT molecular complexity index is 774. The fourth-order valence-electron chi connectivity index (χ4n) is 2.05. The minimum absolute atomic E-state index is 0.283. The van der Waals surface area contributed by atoms with Crippen LogP contribution in [-0.4, -0.2) is 9.55 Å². The van der Waals surface area contributed by atoms with Crippen molar-refractivity contribution in [2.24, 2.45) is 0 Å². The Morgan fingerprint density at radius 3 is 3.00 bits per heavy atom. The van der Waals surface area contributed by atoms with Crippen molar-refractivity contribution in [3.05, 3.63) is 49.6 Å². The third-order valence-corrected chi connectivity index (χ3v) is 4.84. The molecule has 0 saturated heterocycles. The number of imidazole rings is 1. The minimum atomic E-state index is -0.283. The van der Waals surface area contributed by atoms with Crippen LogP contribution < -0.4 is 0 Å². The number of H-pyrrole nitrogens is 1. The Balaban J connectivity index is 2.00. The predicted molar refractivity (Wildman–Crippen MR) is 82.8 cm³/mol. The number of nitrogens with one attached hydrogen (secondary N) is 1. The van der Waals surface area contributed by atoms with E-state index in [1.54, 1.807) is 17.4 Å². The van der Waals surface area contributed by atoms with Crippen LogP contribution in [0.4, 0.5) is 4.39 Å². The van der Waals surface area contributed by atoms with Crippen molar-refractivity contribution in [3.8, 4) is 0 Å². The SMILES string of the molecule is Fc1cc2[nH]c(=S)n(CCc3cccs3)c2cc1Br. The highest BCUT2D eigenvalue weighted by Gasteiger charge is 2.09. The zero-order valence-electron chi connectivity index (χ0n) is 9.82. The Morgan fingerprint density at radius 2 is 2.26 bits per heavy atom. The summed E-state index contributed by atoms with van der Waals surface area (Å²) in [6.45, 7) is 0.789. The number of hydrogen-bond donors (Lipinski definition) is 1. The van der Waals surface area contributed by atoms with Crippen LogP contribution in [0, 0.1) is 10.6 Å². The molecule has 6 heteroatoms. The average molecular weight is 357 g/mol. The highest BCUT2D eigenvalue weighted by molar-refractivity contribution is 9.10. The first kappa shape index (κ1) is 13.0. The van der Waals surface area contributed by atoms with Crippen LogP contribution in [0.2, 0.25) is 0 Å². The smallest absolute Gasteiger partial charge is 0.178 e. The van der Waals surface area contributed by atoms with Gasteiger partial charge in [-0.15, -0.1) is 11.3 Å². The molecule has 98 valence electrons. The average Bonchev–Trinajstić information content (AvgIpc) is 2.96. The predicted octanol–water partition coefficient (Wildman–Crippen LogP) is 4.90. The van der Waals surface area contributed by atoms with Crippen molar-refractivity contribution in [1.29, 1.82) is 0 Å². The Labute approximate surface area is 127 Å². The number of aromatic amines is 1. The van der Waals surface area contributed by atoms with Crippen LogP contribution >= 0.6 is 39.5 Å². The molecule has 0 aliphatic carbocycles. The molecule has 19 heavy (non-hydrogen) atoms. The first-order valence-corrected chi connectivity index (χ1v) is 7.83. The second kappa shape index (κ2) is 5.19. The molecule has 0 fully saturated rings. The standard InChI is InChI=1S/C13H10BrFN2S2/c14-9-6-12-11(7-10(9)15)16-13(18)17(12)4-3-8-2-1-5-19-8/h1-2,5-7H,3-4H2,(H,16,18). The Kier molecular flexibility index (Phi) is 3.56. The van der Waals surface area contributed by atoms with E-state index < -0.39 is 0 Å². The molecule has 3 rings (SSSR count). The van der Waals surface area contributed by atoms with Crippen molar-refractivity contribution < 1.29 is 4.39 Å². The van der Waals surface area contributed by atoms with Gasteiger partial charge in [-0.3, -0.25) is 0 Å². The lowest BCUT2D eigenvalue weighted by molar-refractivity contribution is 0.622. The number of aromatic nitrogens is 2. The molecule has 0 amide bonds. The second-order valence-corrected chi connectivity index (χ2v) is 6.47. The van der Waals surface area contributed by atoms with Crippen LogP contribution in [0.15, 0.2) is 34.1 Å². The minimum Gasteiger partial charge on any atom is -0.330 e. The molecule has 1 N–H and O–H groups in total. The van der Waals surface area contributed by atoms with Crippen molar-refractivity contribution in [1.82, 2.24) is 9.55 Å². The summed E-state index contributed by atoms with van der Waals surface area (Å²) < 4.78 is 16.6. The number of rotatable bonds is 3. The molecule has 2 aromatic heterocycles. The molecule has 0 unspecified atom stereocenters. The number of aryl methyl sites for hydroxylation is 2. The van der Waals surface area contributed by atoms with Gasteiger partial charge in [-0.1, -0.05) is 6.07 Å². The maximum absolute atomic E-state index is 13.5. The third-order valence-electron chi connectivity index (χ3n) is 2.98. The van der Waals surface area contributed by atoms with E-state index in [4.69, 9.17) is 12.2 Å². The van der Waals surface area contributed by atoms with E-state index in [9.17, 15) is 4.39 Å². The van der Waals surface area contributed by atoms with Gasteiger partial charge in [0.2, 0.25) is 0 Å². The molecular weight excluding hydrogens is 347 g/mol. The van der Waals surface area contributed by atoms with E-state index in [2.05, 4.69) is 32.4 Å². The second-order valence-electron chi connectivity index (χ2n) is 4.19. The van der Waals surface area contributed by atoms with Gasteiger partial charge >= 0.3 is 0 Å². The van der Waals surface area contributed by atoms with Gasteiger partial charge in [-0.05, 0) is 52.1 Å². The van der Waals surface area contributed by atoms with Crippen molar-refractivity contribution >= 4 is 50.5 Å². The monoisotopic (exact) mass is 356 g/mol. The van der Waals surface area contributed by atoms with E-state index in [1.165, 1.54) is 10.9 Å². The fourth-order valence-corrected chi connectivity index (χ4v) is 3.38. The van der Waals surface area contributed by atoms with Crippen molar-refractivity contribution in [2.75, 3.05) is 0 Å². The molecule has 1 aromatic carbocycles. The zero-order chi connectivity index (χ0) is 13.4. The highest BCUT2D eigenvalue weighted by atomic mass is 79.9. The Morgan fingerprint density at radius 1 is 1.42 bits per heavy atom. The van der Waals surface area contributed by atoms with Crippen LogP contribution in [0.25, 0.3) is 11.0 Å². The van der Waals surface area contributed by atoms with Gasteiger partial charge in [-0.2, -0.15) is 0 Å². The topological polar surface area (TPSA) is 20.7 Å². The molecule has 2 heterocycles. The molecule has 0 saturated carbocycles. The molecule has 0 aliphatic rings. The van der Waals surface area contributed by atoms with E-state index in [1.807, 2.05) is 10.6 Å². The zero-order valence-corrected chi connectivity index (χ0v) is 13.0. The molecule has 0 aliphatic heterocycles. The summed E-state index contributed by atoms with van der Waals surface area (Å²) in [5, 5.41) is 2.07. The number of fused-ring (bicyclic) bond motifs is 1. The molecule has 0 bridgehead atoms. The van der Waals surface area contributed by atoms with Gasteiger partial charge in [0.05, 0.1) is 15.5 Å². The number of halogens is 2. The lowest BCUT2D eigenvalue weighted by Gasteiger charge is -2.04. The molecule has 3 aromatic rings. The molecule has 0 spiro atoms. The first-order valence-electron chi connectivity index (χ1n) is 5.75. The number of benzene rings is 1. The third kappa shape index (κ3) is 2.52. The first-order chi connectivity index (χ1) is 9.15. The lowest BCUT2D eigenvalue weighted by atomic mass is 10.3. The van der Waals surface area contributed by atoms with Gasteiger partial charge in [0.25, 0.3) is 0 Å². The number of thiophene rings is 1. The number of nitrogens with zero attached hydrogens (tertiary/aromatic N) is 1. The Hall–Kier alpha value is -0.980. The van der Waals surface area contributed by atoms with Gasteiger partial charge < -0.3 is 9.55 Å². The summed E-state index contributed by atoms with van der Waals surface area (Å²) >= 11 is 10.3. The summed E-state index contributed by atoms with van der Waals surface area (Å²) in [5.74, 6) is -0.283. The van der Waals surface area contributed by atoms with Gasteiger partial charge in [0.1, 0.15) is 5.82 Å². The van der Waals surface area contributed by atoms with Crippen LogP contribution in [0.5, 0.6) is 0 Å². The highest BCUT2D eigenvalue weighted by Crippen LogP contribution is 2.23. The van der Waals surface area contributed by atoms with E-state index in [0.29, 0.717) is 9.24 Å². The van der Waals surface area contributed by atoms with Crippen LogP contribution in [0.3, 0.4) is 0 Å². The summed E-state index contributed by atoms with van der Waals surface area (Å²) in [6, 6.07) is 7.39.